The minimum Gasteiger partial charge on any atom is -0.370 e. The Labute approximate surface area is 145 Å². The highest BCUT2D eigenvalue weighted by molar-refractivity contribution is 5.90. The number of nitrogens with two attached hydrogens (primary N) is 1. The molecule has 0 aliphatic carbocycles. The Morgan fingerprint density at radius 3 is 2.64 bits per heavy atom. The predicted octanol–water partition coefficient (Wildman–Crippen LogP) is 3.99. The minimum absolute atomic E-state index is 0.126. The molecule has 25 heavy (non-hydrogen) atoms. The third kappa shape index (κ3) is 3.68. The molecule has 1 unspecified atom stereocenters. The Morgan fingerprint density at radius 2 is 1.96 bits per heavy atom. The van der Waals surface area contributed by atoms with E-state index in [0.29, 0.717) is 17.1 Å². The van der Waals surface area contributed by atoms with Gasteiger partial charge in [-0.2, -0.15) is 0 Å². The number of anilines is 1. The molecule has 1 heterocycles. The first-order chi connectivity index (χ1) is 12.1. The van der Waals surface area contributed by atoms with Gasteiger partial charge in [0.15, 0.2) is 5.96 Å². The Kier molecular flexibility index (Phi) is 4.79. The normalized spacial score (nSPS) is 12.8. The van der Waals surface area contributed by atoms with Gasteiger partial charge in [-0.1, -0.05) is 54.5 Å². The fourth-order valence-electron chi connectivity index (χ4n) is 2.56. The van der Waals surface area contributed by atoms with Crippen LogP contribution in [-0.2, 0) is 0 Å². The second-order valence-electron chi connectivity index (χ2n) is 5.68. The summed E-state index contributed by atoms with van der Waals surface area (Å²) in [6, 6.07) is 16.4. The Hall–Kier alpha value is -3.15. The molecule has 1 atom stereocenters. The molecule has 0 aliphatic rings. The van der Waals surface area contributed by atoms with Crippen molar-refractivity contribution in [2.75, 3.05) is 12.4 Å². The molecule has 3 aromatic rings. The van der Waals surface area contributed by atoms with Gasteiger partial charge in [-0.05, 0) is 17.2 Å². The summed E-state index contributed by atoms with van der Waals surface area (Å²) in [6.07, 6.45) is 0. The van der Waals surface area contributed by atoms with Crippen molar-refractivity contribution >= 4 is 11.8 Å². The van der Waals surface area contributed by atoms with Gasteiger partial charge in [0.1, 0.15) is 5.82 Å². The summed E-state index contributed by atoms with van der Waals surface area (Å²) in [5.74, 6) is 0.234. The SMILES string of the molecule is CN=C(N)Nc1cc(C(C)c2ccc(-c3ccccc3)c(F)c2)no1. The molecule has 0 spiro atoms. The third-order valence-electron chi connectivity index (χ3n) is 4.04. The molecule has 0 amide bonds. The van der Waals surface area contributed by atoms with Crippen LogP contribution in [0, 0.1) is 5.82 Å². The molecule has 0 saturated carbocycles. The topological polar surface area (TPSA) is 76.4 Å². The summed E-state index contributed by atoms with van der Waals surface area (Å²) in [7, 11) is 1.57. The van der Waals surface area contributed by atoms with Gasteiger partial charge in [0, 0.05) is 24.6 Å². The first kappa shape index (κ1) is 16.7. The third-order valence-corrected chi connectivity index (χ3v) is 4.04. The van der Waals surface area contributed by atoms with Crippen molar-refractivity contribution in [2.24, 2.45) is 10.7 Å². The van der Waals surface area contributed by atoms with E-state index in [0.717, 1.165) is 11.1 Å². The molecular formula is C19H19FN4O. The maximum absolute atomic E-state index is 14.5. The van der Waals surface area contributed by atoms with E-state index in [4.69, 9.17) is 10.3 Å². The van der Waals surface area contributed by atoms with Crippen molar-refractivity contribution in [1.82, 2.24) is 5.16 Å². The van der Waals surface area contributed by atoms with Gasteiger partial charge < -0.3 is 10.3 Å². The maximum atomic E-state index is 14.5. The molecular weight excluding hydrogens is 319 g/mol. The van der Waals surface area contributed by atoms with Crippen molar-refractivity contribution in [2.45, 2.75) is 12.8 Å². The molecule has 3 N–H and O–H groups in total. The van der Waals surface area contributed by atoms with E-state index in [9.17, 15) is 4.39 Å². The van der Waals surface area contributed by atoms with Gasteiger partial charge in [0.05, 0.1) is 5.69 Å². The number of aromatic nitrogens is 1. The average Bonchev–Trinajstić information content (AvgIpc) is 3.10. The monoisotopic (exact) mass is 338 g/mol. The highest BCUT2D eigenvalue weighted by Gasteiger charge is 2.16. The summed E-state index contributed by atoms with van der Waals surface area (Å²) in [5, 5.41) is 6.80. The zero-order chi connectivity index (χ0) is 17.8. The van der Waals surface area contributed by atoms with Crippen LogP contribution in [0.5, 0.6) is 0 Å². The fourth-order valence-corrected chi connectivity index (χ4v) is 2.56. The number of hydrogen-bond acceptors (Lipinski definition) is 3. The van der Waals surface area contributed by atoms with Crippen LogP contribution in [0.1, 0.15) is 24.1 Å². The van der Waals surface area contributed by atoms with Gasteiger partial charge in [0.25, 0.3) is 0 Å². The van der Waals surface area contributed by atoms with Crippen LogP contribution >= 0.6 is 0 Å². The van der Waals surface area contributed by atoms with E-state index < -0.39 is 0 Å². The first-order valence-corrected chi connectivity index (χ1v) is 7.89. The highest BCUT2D eigenvalue weighted by Crippen LogP contribution is 2.29. The zero-order valence-electron chi connectivity index (χ0n) is 14.0. The van der Waals surface area contributed by atoms with Gasteiger partial charge >= 0.3 is 0 Å². The smallest absolute Gasteiger partial charge is 0.231 e. The highest BCUT2D eigenvalue weighted by atomic mass is 19.1. The number of aliphatic imine (C=N–C) groups is 1. The van der Waals surface area contributed by atoms with Crippen LogP contribution in [-0.4, -0.2) is 18.2 Å². The summed E-state index contributed by atoms with van der Waals surface area (Å²) in [4.78, 5) is 3.79. The number of nitrogens with zero attached hydrogens (tertiary/aromatic N) is 2. The number of hydrogen-bond donors (Lipinski definition) is 2. The van der Waals surface area contributed by atoms with Crippen molar-refractivity contribution in [3.05, 3.63) is 71.7 Å². The van der Waals surface area contributed by atoms with Crippen molar-refractivity contribution in [1.29, 1.82) is 0 Å². The zero-order valence-corrected chi connectivity index (χ0v) is 14.0. The van der Waals surface area contributed by atoms with Crippen LogP contribution < -0.4 is 11.1 Å². The Morgan fingerprint density at radius 1 is 1.20 bits per heavy atom. The molecule has 1 aromatic heterocycles. The molecule has 0 fully saturated rings. The van der Waals surface area contributed by atoms with Crippen molar-refractivity contribution in [3.63, 3.8) is 0 Å². The Balaban J connectivity index is 1.83. The number of nitrogens with one attached hydrogen (secondary N) is 1. The number of halogens is 1. The lowest BCUT2D eigenvalue weighted by Gasteiger charge is -2.11. The van der Waals surface area contributed by atoms with E-state index in [2.05, 4.69) is 15.5 Å². The van der Waals surface area contributed by atoms with Crippen LogP contribution in [0.4, 0.5) is 10.3 Å². The molecule has 0 radical (unpaired) electrons. The van der Waals surface area contributed by atoms with Crippen molar-refractivity contribution in [3.8, 4) is 11.1 Å². The van der Waals surface area contributed by atoms with Gasteiger partial charge in [-0.15, -0.1) is 0 Å². The number of guanidine groups is 1. The maximum Gasteiger partial charge on any atom is 0.231 e. The lowest BCUT2D eigenvalue weighted by Crippen LogP contribution is -2.21. The molecule has 3 rings (SSSR count). The van der Waals surface area contributed by atoms with Gasteiger partial charge in [-0.25, -0.2) is 4.39 Å². The predicted molar refractivity (Wildman–Crippen MR) is 97.0 cm³/mol. The van der Waals surface area contributed by atoms with Gasteiger partial charge in [0.2, 0.25) is 5.88 Å². The van der Waals surface area contributed by atoms with Crippen molar-refractivity contribution < 1.29 is 8.91 Å². The molecule has 6 heteroatoms. The van der Waals surface area contributed by atoms with Crippen LogP contribution in [0.2, 0.25) is 0 Å². The summed E-state index contributed by atoms with van der Waals surface area (Å²) in [5.41, 5.74) is 8.51. The van der Waals surface area contributed by atoms with Crippen LogP contribution in [0.15, 0.2) is 64.1 Å². The Bertz CT molecular complexity index is 889. The van der Waals surface area contributed by atoms with Crippen LogP contribution in [0.3, 0.4) is 0 Å². The summed E-state index contributed by atoms with van der Waals surface area (Å²) < 4.78 is 19.7. The quantitative estimate of drug-likeness (QED) is 0.557. The molecule has 0 aliphatic heterocycles. The molecule has 0 saturated heterocycles. The summed E-state index contributed by atoms with van der Waals surface area (Å²) >= 11 is 0. The van der Waals surface area contributed by atoms with E-state index in [1.54, 1.807) is 19.2 Å². The van der Waals surface area contributed by atoms with E-state index in [-0.39, 0.29) is 17.7 Å². The lowest BCUT2D eigenvalue weighted by molar-refractivity contribution is 0.424. The molecule has 5 nitrogen and oxygen atoms in total. The minimum atomic E-state index is -0.264. The van der Waals surface area contributed by atoms with E-state index >= 15 is 0 Å². The second-order valence-corrected chi connectivity index (χ2v) is 5.68. The summed E-state index contributed by atoms with van der Waals surface area (Å²) in [6.45, 7) is 1.94. The number of rotatable bonds is 4. The van der Waals surface area contributed by atoms with E-state index in [1.807, 2.05) is 43.3 Å². The standard InChI is InChI=1S/C19H19FN4O/c1-12(17-11-18(25-24-17)23-19(21)22-2)14-8-9-15(16(20)10-14)13-6-4-3-5-7-13/h3-12H,1-2H3,(H3,21,22,23). The van der Waals surface area contributed by atoms with Crippen LogP contribution in [0.25, 0.3) is 11.1 Å². The fraction of sp³-hybridized carbons (Fsp3) is 0.158. The molecule has 128 valence electrons. The van der Waals surface area contributed by atoms with Gasteiger partial charge in [-0.3, -0.25) is 10.3 Å². The van der Waals surface area contributed by atoms with E-state index in [1.165, 1.54) is 6.07 Å². The molecule has 0 bridgehead atoms. The first-order valence-electron chi connectivity index (χ1n) is 7.89. The lowest BCUT2D eigenvalue weighted by atomic mass is 9.95. The average molecular weight is 338 g/mol. The number of benzene rings is 2. The largest absolute Gasteiger partial charge is 0.370 e. The molecule has 2 aromatic carbocycles. The second kappa shape index (κ2) is 7.17.